The molecule has 1 saturated heterocycles. The summed E-state index contributed by atoms with van der Waals surface area (Å²) in [5.74, 6) is 2.41. The van der Waals surface area contributed by atoms with E-state index in [0.29, 0.717) is 12.0 Å². The minimum Gasteiger partial charge on any atom is -0.497 e. The van der Waals surface area contributed by atoms with Gasteiger partial charge in [0.25, 0.3) is 0 Å². The van der Waals surface area contributed by atoms with Gasteiger partial charge >= 0.3 is 0 Å². The van der Waals surface area contributed by atoms with Crippen molar-refractivity contribution in [1.82, 2.24) is 4.90 Å². The van der Waals surface area contributed by atoms with Crippen molar-refractivity contribution in [3.63, 3.8) is 0 Å². The van der Waals surface area contributed by atoms with Gasteiger partial charge in [-0.15, -0.1) is 0 Å². The third-order valence-electron chi connectivity index (χ3n) is 7.44. The lowest BCUT2D eigenvalue weighted by Gasteiger charge is -2.59. The predicted molar refractivity (Wildman–Crippen MR) is 94.4 cm³/mol. The summed E-state index contributed by atoms with van der Waals surface area (Å²) in [4.78, 5) is 2.64. The molecule has 1 N–H and O–H groups in total. The van der Waals surface area contributed by atoms with Gasteiger partial charge in [0, 0.05) is 18.0 Å². The number of benzene rings is 1. The van der Waals surface area contributed by atoms with Gasteiger partial charge in [-0.3, -0.25) is 4.90 Å². The van der Waals surface area contributed by atoms with E-state index in [-0.39, 0.29) is 5.41 Å². The molecule has 1 aromatic carbocycles. The maximum absolute atomic E-state index is 12.0. The lowest BCUT2D eigenvalue weighted by molar-refractivity contribution is -0.131. The number of methoxy groups -OCH3 is 1. The van der Waals surface area contributed by atoms with E-state index in [1.165, 1.54) is 30.5 Å². The van der Waals surface area contributed by atoms with Crippen molar-refractivity contribution in [3.05, 3.63) is 29.3 Å². The summed E-state index contributed by atoms with van der Waals surface area (Å²) in [5.41, 5.74) is 2.22. The van der Waals surface area contributed by atoms with Crippen LogP contribution in [0.15, 0.2) is 18.2 Å². The highest BCUT2D eigenvalue weighted by Gasteiger charge is 2.66. The third-order valence-corrected chi connectivity index (χ3v) is 7.44. The number of hydrogen-bond acceptors (Lipinski definition) is 3. The molecule has 130 valence electrons. The fraction of sp³-hybridized carbons (Fsp3) is 0.714. The van der Waals surface area contributed by atoms with E-state index in [9.17, 15) is 5.11 Å². The van der Waals surface area contributed by atoms with Gasteiger partial charge in [0.15, 0.2) is 0 Å². The second kappa shape index (κ2) is 4.98. The number of nitrogens with zero attached hydrogens (tertiary/aromatic N) is 1. The summed E-state index contributed by atoms with van der Waals surface area (Å²) in [6, 6.07) is 6.88. The lowest BCUT2D eigenvalue weighted by Crippen LogP contribution is -2.69. The Balaban J connectivity index is 1.63. The molecule has 1 aromatic rings. The van der Waals surface area contributed by atoms with Crippen molar-refractivity contribution >= 4 is 0 Å². The van der Waals surface area contributed by atoms with Crippen LogP contribution in [-0.4, -0.2) is 41.8 Å². The molecule has 0 aromatic heterocycles. The van der Waals surface area contributed by atoms with Gasteiger partial charge in [-0.2, -0.15) is 0 Å². The Morgan fingerprint density at radius 1 is 1.29 bits per heavy atom. The largest absolute Gasteiger partial charge is 0.497 e. The standard InChI is InChI=1S/C21H29NO2/c1-14-11-20-7-8-22(13-15-3-4-15)19(21(20,23)12-14)9-16-5-6-17(24-2)10-18(16)20/h5-6,10,14-15,19,23H,3-4,7-9,11-13H2,1-2H3/t14-,19-,20-,21-/m1/s1. The smallest absolute Gasteiger partial charge is 0.119 e. The molecule has 0 unspecified atom stereocenters. The van der Waals surface area contributed by atoms with Crippen molar-refractivity contribution in [2.45, 2.75) is 62.5 Å². The van der Waals surface area contributed by atoms with Gasteiger partial charge in [0.2, 0.25) is 0 Å². The van der Waals surface area contributed by atoms with Gasteiger partial charge in [0.05, 0.1) is 12.7 Å². The number of ether oxygens (including phenoxy) is 1. The molecule has 0 radical (unpaired) electrons. The Morgan fingerprint density at radius 2 is 2.12 bits per heavy atom. The first-order chi connectivity index (χ1) is 11.6. The van der Waals surface area contributed by atoms with Crippen LogP contribution >= 0.6 is 0 Å². The zero-order valence-corrected chi connectivity index (χ0v) is 14.9. The predicted octanol–water partition coefficient (Wildman–Crippen LogP) is 3.13. The van der Waals surface area contributed by atoms with Crippen LogP contribution in [0, 0.1) is 11.8 Å². The van der Waals surface area contributed by atoms with Crippen molar-refractivity contribution in [2.24, 2.45) is 11.8 Å². The van der Waals surface area contributed by atoms with E-state index < -0.39 is 5.60 Å². The fourth-order valence-electron chi connectivity index (χ4n) is 6.28. The second-order valence-corrected chi connectivity index (χ2v) is 8.95. The van der Waals surface area contributed by atoms with Crippen LogP contribution in [0.25, 0.3) is 0 Å². The van der Waals surface area contributed by atoms with Gasteiger partial charge in [-0.1, -0.05) is 13.0 Å². The summed E-state index contributed by atoms with van der Waals surface area (Å²) in [5, 5.41) is 12.0. The molecule has 0 amide bonds. The Morgan fingerprint density at radius 3 is 2.88 bits per heavy atom. The molecular weight excluding hydrogens is 298 g/mol. The normalized spacial score (nSPS) is 41.0. The first kappa shape index (κ1) is 15.2. The van der Waals surface area contributed by atoms with E-state index in [1.807, 2.05) is 0 Å². The van der Waals surface area contributed by atoms with Crippen LogP contribution < -0.4 is 4.74 Å². The number of rotatable bonds is 3. The molecule has 24 heavy (non-hydrogen) atoms. The Kier molecular flexibility index (Phi) is 3.16. The van der Waals surface area contributed by atoms with Gasteiger partial charge in [0.1, 0.15) is 5.75 Å². The van der Waals surface area contributed by atoms with Crippen LogP contribution in [-0.2, 0) is 11.8 Å². The first-order valence-corrected chi connectivity index (χ1v) is 9.69. The molecule has 1 aliphatic heterocycles. The molecule has 1 heterocycles. The SMILES string of the molecule is COc1ccc2c(c1)[C@]13CCN(CC4CC4)[C@H](C2)[C@]1(O)C[C@H](C)C3. The molecule has 3 fully saturated rings. The van der Waals surface area contributed by atoms with Crippen LogP contribution in [0.1, 0.15) is 50.2 Å². The first-order valence-electron chi connectivity index (χ1n) is 9.69. The fourth-order valence-corrected chi connectivity index (χ4v) is 6.28. The maximum atomic E-state index is 12.0. The minimum atomic E-state index is -0.557. The summed E-state index contributed by atoms with van der Waals surface area (Å²) >= 11 is 0. The van der Waals surface area contributed by atoms with E-state index in [4.69, 9.17) is 4.74 Å². The van der Waals surface area contributed by atoms with Crippen LogP contribution in [0.3, 0.4) is 0 Å². The quantitative estimate of drug-likeness (QED) is 0.926. The lowest BCUT2D eigenvalue weighted by atomic mass is 9.56. The molecular formula is C21H29NO2. The number of likely N-dealkylation sites (tertiary alicyclic amines) is 1. The number of aliphatic hydroxyl groups is 1. The topological polar surface area (TPSA) is 32.7 Å². The maximum Gasteiger partial charge on any atom is 0.119 e. The van der Waals surface area contributed by atoms with Crippen LogP contribution in [0.4, 0.5) is 0 Å². The monoisotopic (exact) mass is 327 g/mol. The second-order valence-electron chi connectivity index (χ2n) is 8.95. The van der Waals surface area contributed by atoms with Gasteiger partial charge in [-0.05, 0) is 80.2 Å². The number of hydrogen-bond donors (Lipinski definition) is 1. The van der Waals surface area contributed by atoms with Gasteiger partial charge in [-0.25, -0.2) is 0 Å². The zero-order valence-electron chi connectivity index (χ0n) is 14.9. The van der Waals surface area contributed by atoms with Crippen LogP contribution in [0.5, 0.6) is 5.75 Å². The summed E-state index contributed by atoms with van der Waals surface area (Å²) < 4.78 is 5.51. The van der Waals surface area contributed by atoms with Gasteiger partial charge < -0.3 is 9.84 Å². The highest BCUT2D eigenvalue weighted by molar-refractivity contribution is 5.49. The van der Waals surface area contributed by atoms with Crippen LogP contribution in [0.2, 0.25) is 0 Å². The average Bonchev–Trinajstić information content (AvgIpc) is 3.31. The molecule has 3 heteroatoms. The highest BCUT2D eigenvalue weighted by Crippen LogP contribution is 2.61. The Labute approximate surface area is 145 Å². The molecule has 3 aliphatic carbocycles. The molecule has 2 saturated carbocycles. The molecule has 5 rings (SSSR count). The summed E-state index contributed by atoms with van der Waals surface area (Å²) in [6.07, 6.45) is 6.94. The molecule has 0 spiro atoms. The summed E-state index contributed by atoms with van der Waals surface area (Å²) in [6.45, 7) is 4.67. The Bertz CT molecular complexity index is 670. The number of fused-ring (bicyclic) bond motifs is 1. The minimum absolute atomic E-state index is 0.0563. The van der Waals surface area contributed by atoms with Crippen molar-refractivity contribution < 1.29 is 9.84 Å². The van der Waals surface area contributed by atoms with Crippen molar-refractivity contribution in [3.8, 4) is 5.75 Å². The molecule has 2 bridgehead atoms. The zero-order chi connectivity index (χ0) is 16.5. The Hall–Kier alpha value is -1.06. The molecule has 4 atom stereocenters. The highest BCUT2D eigenvalue weighted by atomic mass is 16.5. The van der Waals surface area contributed by atoms with Crippen molar-refractivity contribution in [1.29, 1.82) is 0 Å². The summed E-state index contributed by atoms with van der Waals surface area (Å²) in [7, 11) is 1.74. The van der Waals surface area contributed by atoms with E-state index >= 15 is 0 Å². The van der Waals surface area contributed by atoms with E-state index in [1.54, 1.807) is 7.11 Å². The van der Waals surface area contributed by atoms with E-state index in [0.717, 1.165) is 43.9 Å². The van der Waals surface area contributed by atoms with E-state index in [2.05, 4.69) is 30.0 Å². The average molecular weight is 327 g/mol. The van der Waals surface area contributed by atoms with Crippen molar-refractivity contribution in [2.75, 3.05) is 20.2 Å². The molecule has 4 aliphatic rings. The number of piperidine rings is 1. The molecule has 3 nitrogen and oxygen atoms in total. The third kappa shape index (κ3) is 1.91.